The third-order valence-corrected chi connectivity index (χ3v) is 3.85. The van der Waals surface area contributed by atoms with Gasteiger partial charge in [-0.1, -0.05) is 26.2 Å². The molecule has 0 aromatic rings. The van der Waals surface area contributed by atoms with Gasteiger partial charge in [0.2, 0.25) is 0 Å². The van der Waals surface area contributed by atoms with Gasteiger partial charge in [-0.2, -0.15) is 0 Å². The summed E-state index contributed by atoms with van der Waals surface area (Å²) in [5.74, 6) is 0. The van der Waals surface area contributed by atoms with Gasteiger partial charge in [0.15, 0.2) is 0 Å². The minimum atomic E-state index is 0.353. The van der Waals surface area contributed by atoms with Gasteiger partial charge in [0.1, 0.15) is 0 Å². The molecule has 0 radical (unpaired) electrons. The first-order chi connectivity index (χ1) is 8.86. The minimum absolute atomic E-state index is 0.353. The second kappa shape index (κ2) is 10.8. The molecule has 1 atom stereocenters. The molecule has 0 saturated carbocycles. The maximum Gasteiger partial charge on any atom is 0.0431 e. The van der Waals surface area contributed by atoms with E-state index in [0.717, 1.165) is 12.5 Å². The predicted octanol–water partition coefficient (Wildman–Crippen LogP) is 2.39. The van der Waals surface area contributed by atoms with E-state index in [2.05, 4.69) is 17.1 Å². The predicted molar refractivity (Wildman–Crippen MR) is 77.9 cm³/mol. The summed E-state index contributed by atoms with van der Waals surface area (Å²) in [7, 11) is 0. The average molecular weight is 256 g/mol. The molecule has 0 aliphatic carbocycles. The van der Waals surface area contributed by atoms with E-state index in [1.165, 1.54) is 71.1 Å². The van der Waals surface area contributed by atoms with Gasteiger partial charge in [-0.3, -0.25) is 0 Å². The van der Waals surface area contributed by atoms with Crippen molar-refractivity contribution in [2.45, 2.75) is 64.3 Å². The third-order valence-electron chi connectivity index (χ3n) is 3.85. The Labute approximate surface area is 113 Å². The number of nitrogens with one attached hydrogen (secondary N) is 1. The number of unbranched alkanes of at least 4 members (excludes halogenated alkanes) is 4. The van der Waals surface area contributed by atoms with E-state index in [4.69, 9.17) is 5.11 Å². The van der Waals surface area contributed by atoms with E-state index in [1.54, 1.807) is 0 Å². The molecule has 1 heterocycles. The topological polar surface area (TPSA) is 35.5 Å². The van der Waals surface area contributed by atoms with Gasteiger partial charge in [-0.15, -0.1) is 0 Å². The Bertz CT molecular complexity index is 181. The van der Waals surface area contributed by atoms with Gasteiger partial charge in [-0.25, -0.2) is 0 Å². The van der Waals surface area contributed by atoms with Crippen LogP contribution in [0.2, 0.25) is 0 Å². The molecule has 18 heavy (non-hydrogen) atoms. The molecular formula is C15H32N2O. The van der Waals surface area contributed by atoms with Crippen molar-refractivity contribution in [3.63, 3.8) is 0 Å². The summed E-state index contributed by atoms with van der Waals surface area (Å²) < 4.78 is 0. The fraction of sp³-hybridized carbons (Fsp3) is 1.00. The van der Waals surface area contributed by atoms with Crippen LogP contribution in [0.25, 0.3) is 0 Å². The van der Waals surface area contributed by atoms with Crippen molar-refractivity contribution in [1.82, 2.24) is 10.2 Å². The lowest BCUT2D eigenvalue weighted by Crippen LogP contribution is -2.38. The number of nitrogens with zero attached hydrogens (tertiary/aromatic N) is 1. The molecule has 1 unspecified atom stereocenters. The van der Waals surface area contributed by atoms with Crippen molar-refractivity contribution in [3.8, 4) is 0 Å². The molecular weight excluding hydrogens is 224 g/mol. The zero-order chi connectivity index (χ0) is 13.1. The van der Waals surface area contributed by atoms with Crippen LogP contribution in [0.5, 0.6) is 0 Å². The Balaban J connectivity index is 2.13. The summed E-state index contributed by atoms with van der Waals surface area (Å²) in [6.45, 7) is 7.57. The largest absolute Gasteiger partial charge is 0.396 e. The van der Waals surface area contributed by atoms with Crippen LogP contribution in [0.4, 0.5) is 0 Å². The minimum Gasteiger partial charge on any atom is -0.396 e. The summed E-state index contributed by atoms with van der Waals surface area (Å²) >= 11 is 0. The molecule has 0 aromatic heterocycles. The Kier molecular flexibility index (Phi) is 9.54. The molecule has 3 heteroatoms. The van der Waals surface area contributed by atoms with Gasteiger partial charge in [-0.05, 0) is 51.7 Å². The van der Waals surface area contributed by atoms with E-state index in [1.807, 2.05) is 0 Å². The van der Waals surface area contributed by atoms with Crippen LogP contribution < -0.4 is 5.32 Å². The first-order valence-corrected chi connectivity index (χ1v) is 7.93. The number of aliphatic hydroxyl groups excluding tert-OH is 1. The molecule has 1 saturated heterocycles. The Morgan fingerprint density at radius 3 is 2.56 bits per heavy atom. The molecule has 2 N–H and O–H groups in total. The lowest BCUT2D eigenvalue weighted by atomic mass is 10.1. The van der Waals surface area contributed by atoms with Crippen molar-refractivity contribution < 1.29 is 5.11 Å². The summed E-state index contributed by atoms with van der Waals surface area (Å²) in [5, 5.41) is 12.4. The van der Waals surface area contributed by atoms with Crippen molar-refractivity contribution in [2.24, 2.45) is 0 Å². The van der Waals surface area contributed by atoms with Gasteiger partial charge in [0.25, 0.3) is 0 Å². The summed E-state index contributed by atoms with van der Waals surface area (Å²) in [6.07, 6.45) is 10.0. The zero-order valence-corrected chi connectivity index (χ0v) is 12.2. The van der Waals surface area contributed by atoms with Crippen LogP contribution in [-0.4, -0.2) is 48.8 Å². The van der Waals surface area contributed by atoms with E-state index in [-0.39, 0.29) is 0 Å². The van der Waals surface area contributed by atoms with Crippen molar-refractivity contribution in [3.05, 3.63) is 0 Å². The zero-order valence-electron chi connectivity index (χ0n) is 12.2. The maximum atomic E-state index is 8.76. The van der Waals surface area contributed by atoms with Gasteiger partial charge >= 0.3 is 0 Å². The van der Waals surface area contributed by atoms with Crippen molar-refractivity contribution >= 4 is 0 Å². The van der Waals surface area contributed by atoms with Crippen LogP contribution in [-0.2, 0) is 0 Å². The smallest absolute Gasteiger partial charge is 0.0431 e. The Hall–Kier alpha value is -0.120. The van der Waals surface area contributed by atoms with Gasteiger partial charge < -0.3 is 15.3 Å². The Morgan fingerprint density at radius 2 is 1.89 bits per heavy atom. The first-order valence-electron chi connectivity index (χ1n) is 7.93. The second-order valence-corrected chi connectivity index (χ2v) is 5.59. The first kappa shape index (κ1) is 15.9. The lowest BCUT2D eigenvalue weighted by Gasteiger charge is -2.25. The highest BCUT2D eigenvalue weighted by Crippen LogP contribution is 2.09. The van der Waals surface area contributed by atoms with Gasteiger partial charge in [0, 0.05) is 19.2 Å². The molecule has 1 fully saturated rings. The standard InChI is InChI=1S/C15H32N2O/c1-2-3-11-17(12-6-4-5-7-13-18)14-15-9-8-10-16-15/h15-16,18H,2-14H2,1H3. The van der Waals surface area contributed by atoms with Crippen LogP contribution in [0, 0.1) is 0 Å². The molecule has 0 bridgehead atoms. The number of aliphatic hydroxyl groups is 1. The monoisotopic (exact) mass is 256 g/mol. The van der Waals surface area contributed by atoms with Crippen molar-refractivity contribution in [2.75, 3.05) is 32.8 Å². The van der Waals surface area contributed by atoms with E-state index < -0.39 is 0 Å². The lowest BCUT2D eigenvalue weighted by molar-refractivity contribution is 0.237. The van der Waals surface area contributed by atoms with E-state index in [9.17, 15) is 0 Å². The second-order valence-electron chi connectivity index (χ2n) is 5.59. The maximum absolute atomic E-state index is 8.76. The van der Waals surface area contributed by atoms with E-state index in [0.29, 0.717) is 6.61 Å². The summed E-state index contributed by atoms with van der Waals surface area (Å²) in [5.41, 5.74) is 0. The normalized spacial score (nSPS) is 19.8. The SMILES string of the molecule is CCCCN(CCCCCCO)CC1CCCN1. The molecule has 0 amide bonds. The number of hydrogen-bond acceptors (Lipinski definition) is 3. The highest BCUT2D eigenvalue weighted by Gasteiger charge is 2.17. The Morgan fingerprint density at radius 1 is 1.11 bits per heavy atom. The molecule has 3 nitrogen and oxygen atoms in total. The number of hydrogen-bond donors (Lipinski definition) is 2. The van der Waals surface area contributed by atoms with Crippen LogP contribution in [0.1, 0.15) is 58.3 Å². The summed E-state index contributed by atoms with van der Waals surface area (Å²) in [4.78, 5) is 2.64. The molecule has 108 valence electrons. The molecule has 1 rings (SSSR count). The third kappa shape index (κ3) is 7.34. The van der Waals surface area contributed by atoms with Gasteiger partial charge in [0.05, 0.1) is 0 Å². The average Bonchev–Trinajstić information content (AvgIpc) is 2.88. The molecule has 1 aliphatic rings. The highest BCUT2D eigenvalue weighted by atomic mass is 16.2. The molecule has 0 aromatic carbocycles. The fourth-order valence-corrected chi connectivity index (χ4v) is 2.70. The molecule has 0 spiro atoms. The molecule has 1 aliphatic heterocycles. The quantitative estimate of drug-likeness (QED) is 0.557. The van der Waals surface area contributed by atoms with E-state index >= 15 is 0 Å². The van der Waals surface area contributed by atoms with Crippen LogP contribution in [0.3, 0.4) is 0 Å². The van der Waals surface area contributed by atoms with Crippen LogP contribution in [0.15, 0.2) is 0 Å². The summed E-state index contributed by atoms with van der Waals surface area (Å²) in [6, 6.07) is 0.735. The van der Waals surface area contributed by atoms with Crippen molar-refractivity contribution in [1.29, 1.82) is 0 Å². The number of rotatable bonds is 11. The van der Waals surface area contributed by atoms with Crippen LogP contribution >= 0.6 is 0 Å². The fourth-order valence-electron chi connectivity index (χ4n) is 2.70. The highest BCUT2D eigenvalue weighted by molar-refractivity contribution is 4.77.